The zero-order chi connectivity index (χ0) is 28.1. The van der Waals surface area contributed by atoms with E-state index in [4.69, 9.17) is 0 Å². The maximum atomic E-state index is 14.0. The smallest absolute Gasteiger partial charge is 0.243 e. The van der Waals surface area contributed by atoms with E-state index in [1.165, 1.54) is 0 Å². The highest BCUT2D eigenvalue weighted by molar-refractivity contribution is 7.89. The summed E-state index contributed by atoms with van der Waals surface area (Å²) in [5.74, 6) is -2.71. The molecular weight excluding hydrogens is 510 g/mol. The summed E-state index contributed by atoms with van der Waals surface area (Å²) in [7, 11) is -4.28. The van der Waals surface area contributed by atoms with Crippen molar-refractivity contribution in [1.82, 2.24) is 9.21 Å². The summed E-state index contributed by atoms with van der Waals surface area (Å²) in [5, 5.41) is 11.8. The van der Waals surface area contributed by atoms with Gasteiger partial charge in [0.05, 0.1) is 16.5 Å². The Morgan fingerprint density at radius 2 is 1.66 bits per heavy atom. The van der Waals surface area contributed by atoms with Crippen LogP contribution in [0.15, 0.2) is 53.4 Å². The van der Waals surface area contributed by atoms with Gasteiger partial charge in [-0.25, -0.2) is 17.2 Å². The molecule has 1 aliphatic carbocycles. The molecule has 0 aromatic heterocycles. The summed E-state index contributed by atoms with van der Waals surface area (Å²) < 4.78 is 55.8. The Morgan fingerprint density at radius 1 is 1.03 bits per heavy atom. The number of sulfonamides is 1. The topological polar surface area (TPSA) is 77.9 Å². The van der Waals surface area contributed by atoms with Crippen LogP contribution in [0.4, 0.5) is 8.78 Å². The van der Waals surface area contributed by atoms with Crippen LogP contribution in [0.5, 0.6) is 0 Å². The lowest BCUT2D eigenvalue weighted by Gasteiger charge is -2.47. The van der Waals surface area contributed by atoms with Crippen molar-refractivity contribution in [3.63, 3.8) is 0 Å². The van der Waals surface area contributed by atoms with Crippen LogP contribution in [0.2, 0.25) is 0 Å². The number of halogens is 2. The van der Waals surface area contributed by atoms with E-state index in [1.54, 1.807) is 11.8 Å². The third-order valence-corrected chi connectivity index (χ3v) is 9.41. The molecule has 1 N–H and O–H groups in total. The standard InChI is InChI=1S/C29H40F2N2O4S/c1-5-33(28(35)22-12-8-6-9-13-22)29(4,23-14-10-7-11-15-23)27(34)20-32(19-21(2)3)38(36,37)24-16-17-25(30)26(31)18-24/h7,10-11,14-18,21-22,27,34H,5-6,8-9,12-13,19-20H2,1-4H3/t27-,29+/m1/s1. The first kappa shape index (κ1) is 30.2. The van der Waals surface area contributed by atoms with Gasteiger partial charge in [0.25, 0.3) is 0 Å². The second kappa shape index (κ2) is 12.7. The Morgan fingerprint density at radius 3 is 2.21 bits per heavy atom. The number of nitrogens with zero attached hydrogens (tertiary/aromatic N) is 2. The van der Waals surface area contributed by atoms with Crippen LogP contribution < -0.4 is 0 Å². The van der Waals surface area contributed by atoms with Gasteiger partial charge < -0.3 is 10.0 Å². The second-order valence-electron chi connectivity index (χ2n) is 10.7. The Balaban J connectivity index is 2.04. The van der Waals surface area contributed by atoms with Crippen LogP contribution in [0.25, 0.3) is 0 Å². The van der Waals surface area contributed by atoms with Gasteiger partial charge in [0, 0.05) is 25.6 Å². The van der Waals surface area contributed by atoms with E-state index in [-0.39, 0.29) is 30.8 Å². The lowest BCUT2D eigenvalue weighted by molar-refractivity contribution is -0.149. The first-order valence-electron chi connectivity index (χ1n) is 13.4. The molecule has 0 radical (unpaired) electrons. The molecule has 38 heavy (non-hydrogen) atoms. The van der Waals surface area contributed by atoms with Crippen molar-refractivity contribution in [2.45, 2.75) is 76.3 Å². The maximum Gasteiger partial charge on any atom is 0.243 e. The Hall–Kier alpha value is -2.36. The van der Waals surface area contributed by atoms with Crippen LogP contribution in [-0.2, 0) is 20.4 Å². The van der Waals surface area contributed by atoms with Gasteiger partial charge in [0.1, 0.15) is 0 Å². The number of aliphatic hydroxyl groups excluding tert-OH is 1. The monoisotopic (exact) mass is 550 g/mol. The van der Waals surface area contributed by atoms with Crippen molar-refractivity contribution in [3.8, 4) is 0 Å². The van der Waals surface area contributed by atoms with Gasteiger partial charge in [-0.15, -0.1) is 0 Å². The fourth-order valence-electron chi connectivity index (χ4n) is 5.42. The van der Waals surface area contributed by atoms with Crippen molar-refractivity contribution in [2.24, 2.45) is 11.8 Å². The zero-order valence-corrected chi connectivity index (χ0v) is 23.6. The quantitative estimate of drug-likeness (QED) is 0.411. The Kier molecular flexibility index (Phi) is 10.1. The predicted molar refractivity (Wildman–Crippen MR) is 144 cm³/mol. The minimum Gasteiger partial charge on any atom is -0.389 e. The van der Waals surface area contributed by atoms with Crippen molar-refractivity contribution >= 4 is 15.9 Å². The number of amides is 1. The van der Waals surface area contributed by atoms with E-state index >= 15 is 0 Å². The summed E-state index contributed by atoms with van der Waals surface area (Å²) in [6.45, 7) is 7.35. The second-order valence-corrected chi connectivity index (χ2v) is 12.7. The lowest BCUT2D eigenvalue weighted by Crippen LogP contribution is -2.59. The summed E-state index contributed by atoms with van der Waals surface area (Å²) in [5.41, 5.74) is -0.545. The van der Waals surface area contributed by atoms with E-state index in [0.29, 0.717) is 18.2 Å². The molecule has 0 saturated heterocycles. The van der Waals surface area contributed by atoms with E-state index in [2.05, 4.69) is 0 Å². The molecule has 1 aliphatic rings. The average molecular weight is 551 g/mol. The van der Waals surface area contributed by atoms with Gasteiger partial charge in [-0.05, 0) is 56.4 Å². The van der Waals surface area contributed by atoms with Gasteiger partial charge in [-0.1, -0.05) is 63.4 Å². The number of carbonyl (C=O) groups excluding carboxylic acids is 1. The van der Waals surface area contributed by atoms with E-state index in [0.717, 1.165) is 48.5 Å². The van der Waals surface area contributed by atoms with Crippen LogP contribution >= 0.6 is 0 Å². The third-order valence-electron chi connectivity index (χ3n) is 7.58. The van der Waals surface area contributed by atoms with Gasteiger partial charge in [-0.2, -0.15) is 4.31 Å². The zero-order valence-electron chi connectivity index (χ0n) is 22.7. The molecule has 0 spiro atoms. The molecule has 210 valence electrons. The largest absolute Gasteiger partial charge is 0.389 e. The number of likely N-dealkylation sites (N-methyl/N-ethyl adjacent to an activating group) is 1. The first-order valence-corrected chi connectivity index (χ1v) is 14.9. The molecule has 6 nitrogen and oxygen atoms in total. The minimum absolute atomic E-state index is 0.0449. The van der Waals surface area contributed by atoms with Crippen molar-refractivity contribution in [2.75, 3.05) is 19.6 Å². The summed E-state index contributed by atoms with van der Waals surface area (Å²) in [4.78, 5) is 15.1. The van der Waals surface area contributed by atoms with Crippen molar-refractivity contribution in [3.05, 3.63) is 65.7 Å². The number of rotatable bonds is 11. The summed E-state index contributed by atoms with van der Waals surface area (Å²) in [6, 6.07) is 11.6. The highest BCUT2D eigenvalue weighted by Crippen LogP contribution is 2.37. The van der Waals surface area contributed by atoms with Crippen molar-refractivity contribution in [1.29, 1.82) is 0 Å². The van der Waals surface area contributed by atoms with Crippen LogP contribution in [-0.4, -0.2) is 54.4 Å². The average Bonchev–Trinajstić information content (AvgIpc) is 2.90. The molecule has 2 aromatic carbocycles. The van der Waals surface area contributed by atoms with E-state index in [9.17, 15) is 27.1 Å². The first-order chi connectivity index (χ1) is 17.9. The van der Waals surface area contributed by atoms with Crippen LogP contribution in [0.1, 0.15) is 65.4 Å². The minimum atomic E-state index is -4.28. The molecule has 1 saturated carbocycles. The summed E-state index contributed by atoms with van der Waals surface area (Å²) >= 11 is 0. The number of aliphatic hydroxyl groups is 1. The lowest BCUT2D eigenvalue weighted by atomic mass is 9.81. The third kappa shape index (κ3) is 6.43. The molecule has 2 aromatic rings. The van der Waals surface area contributed by atoms with Crippen molar-refractivity contribution < 1.29 is 27.1 Å². The Bertz CT molecular complexity index is 1190. The number of benzene rings is 2. The highest BCUT2D eigenvalue weighted by Gasteiger charge is 2.46. The highest BCUT2D eigenvalue weighted by atomic mass is 32.2. The normalized spacial score (nSPS) is 17.4. The molecule has 0 unspecified atom stereocenters. The van der Waals surface area contributed by atoms with Gasteiger partial charge in [0.15, 0.2) is 11.6 Å². The van der Waals surface area contributed by atoms with Gasteiger partial charge in [0.2, 0.25) is 15.9 Å². The van der Waals surface area contributed by atoms with Crippen LogP contribution in [0.3, 0.4) is 0 Å². The van der Waals surface area contributed by atoms with Gasteiger partial charge in [-0.3, -0.25) is 4.79 Å². The molecule has 0 heterocycles. The summed E-state index contributed by atoms with van der Waals surface area (Å²) in [6.07, 6.45) is 3.33. The SMILES string of the molecule is CCN(C(=O)C1CCCCC1)[C@@](C)(c1ccccc1)[C@H](O)CN(CC(C)C)S(=O)(=O)c1ccc(F)c(F)c1. The van der Waals surface area contributed by atoms with Gasteiger partial charge >= 0.3 is 0 Å². The maximum absolute atomic E-state index is 14.0. The van der Waals surface area contributed by atoms with E-state index in [1.807, 2.05) is 51.1 Å². The molecule has 0 bridgehead atoms. The number of carbonyl (C=O) groups is 1. The molecule has 2 atom stereocenters. The fourth-order valence-corrected chi connectivity index (χ4v) is 7.04. The molecule has 1 fully saturated rings. The molecule has 0 aliphatic heterocycles. The number of hydrogen-bond acceptors (Lipinski definition) is 4. The fraction of sp³-hybridized carbons (Fsp3) is 0.552. The van der Waals surface area contributed by atoms with E-state index < -0.39 is 38.2 Å². The predicted octanol–water partition coefficient (Wildman–Crippen LogP) is 5.32. The Labute approximate surface area is 225 Å². The molecule has 9 heteroatoms. The molecular formula is C29H40F2N2O4S. The van der Waals surface area contributed by atoms with Crippen LogP contribution in [0, 0.1) is 23.5 Å². The molecule has 3 rings (SSSR count). The number of hydrogen-bond donors (Lipinski definition) is 1. The molecule has 1 amide bonds.